The van der Waals surface area contributed by atoms with Crippen molar-refractivity contribution in [2.45, 2.75) is 36.8 Å². The number of Topliss-reactive ketones (excluding diaryl/α,β-unsaturated/α-hetero) is 1. The van der Waals surface area contributed by atoms with E-state index >= 15 is 0 Å². The number of ketones is 1. The SMILES string of the molecule is Cc1ccc2c(c1)[C@@]1(C(=O)N2)[C@H](C(=O)c2ccc(Cl)cc2Cl)[C@@]2(C(=O)Nc3ccccc32)[C@H]2CCCN21. The predicted octanol–water partition coefficient (Wildman–Crippen LogP) is 5.32. The van der Waals surface area contributed by atoms with Crippen molar-refractivity contribution in [3.8, 4) is 0 Å². The van der Waals surface area contributed by atoms with Gasteiger partial charge in [0, 0.05) is 33.6 Å². The van der Waals surface area contributed by atoms with Gasteiger partial charge in [-0.15, -0.1) is 0 Å². The zero-order valence-corrected chi connectivity index (χ0v) is 21.5. The Labute approximate surface area is 223 Å². The Balaban J connectivity index is 1.60. The number of nitrogens with one attached hydrogen (secondary N) is 2. The van der Waals surface area contributed by atoms with Gasteiger partial charge in [0.15, 0.2) is 5.78 Å². The van der Waals surface area contributed by atoms with E-state index in [4.69, 9.17) is 23.2 Å². The van der Waals surface area contributed by atoms with Crippen LogP contribution in [0.2, 0.25) is 10.0 Å². The molecule has 0 unspecified atom stereocenters. The highest BCUT2D eigenvalue weighted by atomic mass is 35.5. The van der Waals surface area contributed by atoms with Crippen LogP contribution in [0, 0.1) is 12.8 Å². The molecule has 186 valence electrons. The lowest BCUT2D eigenvalue weighted by Crippen LogP contribution is -2.55. The van der Waals surface area contributed by atoms with Crippen LogP contribution < -0.4 is 10.6 Å². The second-order valence-corrected chi connectivity index (χ2v) is 11.3. The van der Waals surface area contributed by atoms with Gasteiger partial charge in [-0.25, -0.2) is 0 Å². The van der Waals surface area contributed by atoms with Gasteiger partial charge in [0.2, 0.25) is 11.8 Å². The molecule has 2 spiro atoms. The lowest BCUT2D eigenvalue weighted by atomic mass is 9.60. The fourth-order valence-electron chi connectivity index (χ4n) is 7.50. The molecule has 0 aromatic heterocycles. The van der Waals surface area contributed by atoms with E-state index in [-0.39, 0.29) is 34.2 Å². The molecule has 6 nitrogen and oxygen atoms in total. The van der Waals surface area contributed by atoms with E-state index in [1.54, 1.807) is 12.1 Å². The first-order valence-corrected chi connectivity index (χ1v) is 13.2. The van der Waals surface area contributed by atoms with Crippen molar-refractivity contribution >= 4 is 52.2 Å². The Kier molecular flexibility index (Phi) is 4.76. The number of aryl methyl sites for hydroxylation is 1. The molecule has 4 aliphatic rings. The van der Waals surface area contributed by atoms with Gasteiger partial charge >= 0.3 is 0 Å². The lowest BCUT2D eigenvalue weighted by Gasteiger charge is -2.38. The molecule has 37 heavy (non-hydrogen) atoms. The van der Waals surface area contributed by atoms with E-state index < -0.39 is 16.9 Å². The van der Waals surface area contributed by atoms with E-state index in [0.29, 0.717) is 29.4 Å². The van der Waals surface area contributed by atoms with Crippen LogP contribution in [0.25, 0.3) is 0 Å². The quantitative estimate of drug-likeness (QED) is 0.439. The smallest absolute Gasteiger partial charge is 0.250 e. The zero-order valence-electron chi connectivity index (χ0n) is 20.0. The minimum absolute atomic E-state index is 0.199. The van der Waals surface area contributed by atoms with Crippen molar-refractivity contribution in [2.75, 3.05) is 17.2 Å². The molecule has 2 amide bonds. The first-order valence-electron chi connectivity index (χ1n) is 12.4. The molecule has 0 aliphatic carbocycles. The van der Waals surface area contributed by atoms with E-state index in [0.717, 1.165) is 23.1 Å². The summed E-state index contributed by atoms with van der Waals surface area (Å²) in [6.45, 7) is 2.56. The number of hydrogen-bond acceptors (Lipinski definition) is 4. The van der Waals surface area contributed by atoms with Gasteiger partial charge in [0.05, 0.1) is 10.9 Å². The van der Waals surface area contributed by atoms with Gasteiger partial charge in [-0.1, -0.05) is 59.1 Å². The fourth-order valence-corrected chi connectivity index (χ4v) is 8.01. The van der Waals surface area contributed by atoms with Crippen molar-refractivity contribution in [2.24, 2.45) is 5.92 Å². The number of anilines is 2. The number of rotatable bonds is 2. The number of carbonyl (C=O) groups is 3. The number of hydrogen-bond donors (Lipinski definition) is 2. The Bertz CT molecular complexity index is 1560. The predicted molar refractivity (Wildman–Crippen MR) is 142 cm³/mol. The van der Waals surface area contributed by atoms with Crippen molar-refractivity contribution in [1.82, 2.24) is 4.90 Å². The molecule has 8 heteroatoms. The number of carbonyl (C=O) groups excluding carboxylic acids is 3. The summed E-state index contributed by atoms with van der Waals surface area (Å²) in [6, 6.07) is 17.7. The molecule has 3 aromatic rings. The highest BCUT2D eigenvalue weighted by Gasteiger charge is 2.78. The van der Waals surface area contributed by atoms with Gasteiger partial charge in [-0.2, -0.15) is 0 Å². The van der Waals surface area contributed by atoms with Gasteiger partial charge in [0.25, 0.3) is 0 Å². The molecule has 7 rings (SSSR count). The highest BCUT2D eigenvalue weighted by Crippen LogP contribution is 2.66. The van der Waals surface area contributed by atoms with Crippen LogP contribution in [0.5, 0.6) is 0 Å². The third-order valence-electron chi connectivity index (χ3n) is 8.74. The number of para-hydroxylation sites is 1. The minimum atomic E-state index is -1.36. The number of fused-ring (bicyclic) bond motifs is 7. The number of halogens is 2. The van der Waals surface area contributed by atoms with Crippen LogP contribution in [-0.4, -0.2) is 35.1 Å². The molecular formula is C29H23Cl2N3O3. The molecule has 2 saturated heterocycles. The molecular weight excluding hydrogens is 509 g/mol. The van der Waals surface area contributed by atoms with E-state index in [1.165, 1.54) is 6.07 Å². The average Bonchev–Trinajstić information content (AvgIpc) is 3.58. The monoisotopic (exact) mass is 531 g/mol. The Morgan fingerprint density at radius 1 is 0.946 bits per heavy atom. The molecule has 0 bridgehead atoms. The second kappa shape index (κ2) is 7.67. The zero-order chi connectivity index (χ0) is 25.7. The van der Waals surface area contributed by atoms with Crippen LogP contribution >= 0.6 is 23.2 Å². The molecule has 0 radical (unpaired) electrons. The van der Waals surface area contributed by atoms with Crippen molar-refractivity contribution in [3.05, 3.63) is 93.0 Å². The Morgan fingerprint density at radius 3 is 2.51 bits per heavy atom. The first-order chi connectivity index (χ1) is 17.8. The Morgan fingerprint density at radius 2 is 1.70 bits per heavy atom. The van der Waals surface area contributed by atoms with Crippen molar-refractivity contribution in [3.63, 3.8) is 0 Å². The largest absolute Gasteiger partial charge is 0.325 e. The van der Waals surface area contributed by atoms with Crippen molar-refractivity contribution in [1.29, 1.82) is 0 Å². The van der Waals surface area contributed by atoms with Crippen LogP contribution in [0.1, 0.15) is 39.9 Å². The molecule has 0 saturated carbocycles. The van der Waals surface area contributed by atoms with Gasteiger partial charge in [-0.05, 0) is 62.2 Å². The van der Waals surface area contributed by atoms with Crippen LogP contribution in [-0.2, 0) is 20.5 Å². The Hall–Kier alpha value is -3.19. The molecule has 3 aromatic carbocycles. The summed E-state index contributed by atoms with van der Waals surface area (Å²) < 4.78 is 0. The lowest BCUT2D eigenvalue weighted by molar-refractivity contribution is -0.128. The number of nitrogens with zero attached hydrogens (tertiary/aromatic N) is 1. The highest BCUT2D eigenvalue weighted by molar-refractivity contribution is 6.37. The molecule has 4 atom stereocenters. The summed E-state index contributed by atoms with van der Waals surface area (Å²) in [6.07, 6.45) is 1.51. The normalized spacial score (nSPS) is 29.4. The summed E-state index contributed by atoms with van der Waals surface area (Å²) in [4.78, 5) is 45.4. The fraction of sp³-hybridized carbons (Fsp3) is 0.276. The van der Waals surface area contributed by atoms with E-state index in [2.05, 4.69) is 15.5 Å². The third kappa shape index (κ3) is 2.68. The summed E-state index contributed by atoms with van der Waals surface area (Å²) in [5, 5.41) is 6.72. The molecule has 4 aliphatic heterocycles. The van der Waals surface area contributed by atoms with Gasteiger partial charge in [0.1, 0.15) is 11.0 Å². The van der Waals surface area contributed by atoms with Crippen LogP contribution in [0.15, 0.2) is 60.7 Å². The summed E-state index contributed by atoms with van der Waals surface area (Å²) in [7, 11) is 0. The first kappa shape index (κ1) is 23.0. The number of amides is 2. The average molecular weight is 532 g/mol. The van der Waals surface area contributed by atoms with Gasteiger partial charge < -0.3 is 10.6 Å². The van der Waals surface area contributed by atoms with Crippen LogP contribution in [0.3, 0.4) is 0 Å². The standard InChI is InChI=1S/C29H23Cl2N3O3/c1-15-8-11-22-19(13-15)29(27(37)33-22)25(24(35)17-10-9-16(30)14-20(17)31)28(23-7-4-12-34(23)29)18-5-2-3-6-21(18)32-26(28)36/h2-3,5-6,8-11,13-14,23,25H,4,7,12H2,1H3,(H,32,36)(H,33,37)/t23-,25-,28+,29+/m1/s1. The molecule has 2 N–H and O–H groups in total. The van der Waals surface area contributed by atoms with Crippen LogP contribution in [0.4, 0.5) is 11.4 Å². The maximum Gasteiger partial charge on any atom is 0.250 e. The minimum Gasteiger partial charge on any atom is -0.325 e. The second-order valence-electron chi connectivity index (χ2n) is 10.4. The summed E-state index contributed by atoms with van der Waals surface area (Å²) >= 11 is 12.8. The van der Waals surface area contributed by atoms with Gasteiger partial charge in [-0.3, -0.25) is 19.3 Å². The summed E-state index contributed by atoms with van der Waals surface area (Å²) in [5.74, 6) is -1.92. The molecule has 2 fully saturated rings. The number of benzene rings is 3. The third-order valence-corrected chi connectivity index (χ3v) is 9.29. The summed E-state index contributed by atoms with van der Waals surface area (Å²) in [5.41, 5.74) is 1.44. The molecule has 4 heterocycles. The maximum atomic E-state index is 14.8. The van der Waals surface area contributed by atoms with Crippen molar-refractivity contribution < 1.29 is 14.4 Å². The van der Waals surface area contributed by atoms with E-state index in [1.807, 2.05) is 49.4 Å². The maximum absolute atomic E-state index is 14.8. The topological polar surface area (TPSA) is 78.5 Å². The van der Waals surface area contributed by atoms with E-state index in [9.17, 15) is 14.4 Å².